The lowest BCUT2D eigenvalue weighted by Crippen LogP contribution is -2.46. The van der Waals surface area contributed by atoms with Gasteiger partial charge in [-0.2, -0.15) is 10.2 Å². The monoisotopic (exact) mass is 451 g/mol. The number of rotatable bonds is 6. The van der Waals surface area contributed by atoms with Gasteiger partial charge in [0.15, 0.2) is 0 Å². The molecule has 0 saturated carbocycles. The molecule has 0 amide bonds. The molecule has 1 saturated heterocycles. The predicted molar refractivity (Wildman–Crippen MR) is 121 cm³/mol. The molecule has 32 heavy (non-hydrogen) atoms. The van der Waals surface area contributed by atoms with E-state index >= 15 is 0 Å². The SMILES string of the molecule is CN(C)S(=O)(=O)c1ccc(-c2nc(C#N)c(N3CCN(Cc4ccccc4)CC3)o2)cc1. The fraction of sp³-hybridized carbons (Fsp3) is 0.304. The number of benzene rings is 2. The summed E-state index contributed by atoms with van der Waals surface area (Å²) in [6.07, 6.45) is 0. The number of aromatic nitrogens is 1. The van der Waals surface area contributed by atoms with Crippen molar-refractivity contribution in [3.8, 4) is 17.5 Å². The molecule has 0 bridgehead atoms. The van der Waals surface area contributed by atoms with Gasteiger partial charge in [-0.3, -0.25) is 4.90 Å². The Hall–Kier alpha value is -3.19. The van der Waals surface area contributed by atoms with E-state index in [1.165, 1.54) is 31.8 Å². The van der Waals surface area contributed by atoms with Gasteiger partial charge in [-0.25, -0.2) is 12.7 Å². The Morgan fingerprint density at radius 1 is 1.03 bits per heavy atom. The molecule has 0 unspecified atom stereocenters. The van der Waals surface area contributed by atoms with Crippen LogP contribution in [0.4, 0.5) is 5.88 Å². The maximum atomic E-state index is 12.3. The van der Waals surface area contributed by atoms with E-state index in [9.17, 15) is 13.7 Å². The number of nitriles is 1. The summed E-state index contributed by atoms with van der Waals surface area (Å²) in [5.74, 6) is 0.768. The van der Waals surface area contributed by atoms with Gasteiger partial charge in [0.25, 0.3) is 0 Å². The highest BCUT2D eigenvalue weighted by molar-refractivity contribution is 7.89. The number of nitrogens with zero attached hydrogens (tertiary/aromatic N) is 5. The molecule has 8 nitrogen and oxygen atoms in total. The Balaban J connectivity index is 1.48. The van der Waals surface area contributed by atoms with Gasteiger partial charge in [0, 0.05) is 52.4 Å². The zero-order chi connectivity index (χ0) is 22.7. The van der Waals surface area contributed by atoms with Crippen LogP contribution < -0.4 is 4.90 Å². The number of hydrogen-bond acceptors (Lipinski definition) is 7. The van der Waals surface area contributed by atoms with Crippen molar-refractivity contribution in [3.63, 3.8) is 0 Å². The van der Waals surface area contributed by atoms with Crippen LogP contribution in [-0.4, -0.2) is 62.9 Å². The standard InChI is InChI=1S/C23H25N5O3S/c1-26(2)32(29,30)20-10-8-19(9-11-20)22-25-21(16-24)23(31-22)28-14-12-27(13-15-28)17-18-6-4-3-5-7-18/h3-11H,12-15,17H2,1-2H3. The third-order valence-electron chi connectivity index (χ3n) is 5.50. The Morgan fingerprint density at radius 2 is 1.69 bits per heavy atom. The van der Waals surface area contributed by atoms with E-state index in [2.05, 4.69) is 28.1 Å². The van der Waals surface area contributed by atoms with Crippen LogP contribution in [0.5, 0.6) is 0 Å². The summed E-state index contributed by atoms with van der Waals surface area (Å²) < 4.78 is 31.7. The summed E-state index contributed by atoms with van der Waals surface area (Å²) in [6.45, 7) is 4.07. The highest BCUT2D eigenvalue weighted by atomic mass is 32.2. The van der Waals surface area contributed by atoms with Crippen LogP contribution >= 0.6 is 0 Å². The first-order valence-corrected chi connectivity index (χ1v) is 11.8. The van der Waals surface area contributed by atoms with Gasteiger partial charge < -0.3 is 9.32 Å². The maximum Gasteiger partial charge on any atom is 0.242 e. The van der Waals surface area contributed by atoms with Crippen molar-refractivity contribution < 1.29 is 12.8 Å². The van der Waals surface area contributed by atoms with Crippen molar-refractivity contribution in [1.29, 1.82) is 5.26 Å². The minimum absolute atomic E-state index is 0.188. The van der Waals surface area contributed by atoms with E-state index in [0.717, 1.165) is 37.0 Å². The first-order chi connectivity index (χ1) is 15.4. The summed E-state index contributed by atoms with van der Waals surface area (Å²) in [4.78, 5) is 8.95. The van der Waals surface area contributed by atoms with Gasteiger partial charge in [0.2, 0.25) is 27.5 Å². The molecule has 0 N–H and O–H groups in total. The van der Waals surface area contributed by atoms with E-state index in [4.69, 9.17) is 4.42 Å². The topological polar surface area (TPSA) is 93.7 Å². The van der Waals surface area contributed by atoms with E-state index in [1.807, 2.05) is 23.1 Å². The Bertz CT molecular complexity index is 1210. The quantitative estimate of drug-likeness (QED) is 0.569. The Morgan fingerprint density at radius 3 is 2.28 bits per heavy atom. The zero-order valence-corrected chi connectivity index (χ0v) is 18.9. The van der Waals surface area contributed by atoms with E-state index in [1.54, 1.807) is 12.1 Å². The van der Waals surface area contributed by atoms with Gasteiger partial charge in [0.1, 0.15) is 6.07 Å². The summed E-state index contributed by atoms with van der Waals surface area (Å²) in [5.41, 5.74) is 2.13. The lowest BCUT2D eigenvalue weighted by molar-refractivity contribution is 0.246. The Kier molecular flexibility index (Phi) is 6.28. The average Bonchev–Trinajstić information content (AvgIpc) is 3.25. The summed E-state index contributed by atoms with van der Waals surface area (Å²) in [7, 11) is -0.534. The molecule has 1 aliphatic rings. The zero-order valence-electron chi connectivity index (χ0n) is 18.1. The second-order valence-electron chi connectivity index (χ2n) is 7.85. The van der Waals surface area contributed by atoms with Gasteiger partial charge in [-0.15, -0.1) is 0 Å². The van der Waals surface area contributed by atoms with Gasteiger partial charge in [0.05, 0.1) is 4.90 Å². The molecule has 1 fully saturated rings. The van der Waals surface area contributed by atoms with Crippen LogP contribution in [0.25, 0.3) is 11.5 Å². The van der Waals surface area contributed by atoms with Crippen LogP contribution in [0.3, 0.4) is 0 Å². The molecule has 0 atom stereocenters. The summed E-state index contributed by atoms with van der Waals surface area (Å²) in [6, 6.07) is 18.8. The molecule has 2 heterocycles. The highest BCUT2D eigenvalue weighted by Gasteiger charge is 2.25. The largest absolute Gasteiger partial charge is 0.419 e. The molecule has 0 aliphatic carbocycles. The normalized spacial score (nSPS) is 15.1. The molecule has 3 aromatic rings. The Labute approximate surface area is 188 Å². The van der Waals surface area contributed by atoms with Crippen LogP contribution in [-0.2, 0) is 16.6 Å². The van der Waals surface area contributed by atoms with Crippen LogP contribution in [0.15, 0.2) is 63.9 Å². The lowest BCUT2D eigenvalue weighted by Gasteiger charge is -2.34. The lowest BCUT2D eigenvalue weighted by atomic mass is 10.2. The van der Waals surface area contributed by atoms with E-state index in [0.29, 0.717) is 17.3 Å². The van der Waals surface area contributed by atoms with Crippen LogP contribution in [0, 0.1) is 11.3 Å². The second-order valence-corrected chi connectivity index (χ2v) is 10.00. The first-order valence-electron chi connectivity index (χ1n) is 10.3. The van der Waals surface area contributed by atoms with Gasteiger partial charge in [-0.05, 0) is 29.8 Å². The average molecular weight is 452 g/mol. The first kappa shape index (κ1) is 22.0. The fourth-order valence-electron chi connectivity index (χ4n) is 3.65. The summed E-state index contributed by atoms with van der Waals surface area (Å²) in [5, 5.41) is 9.57. The van der Waals surface area contributed by atoms with Crippen molar-refractivity contribution in [3.05, 3.63) is 65.9 Å². The number of anilines is 1. The third-order valence-corrected chi connectivity index (χ3v) is 7.33. The molecule has 2 aromatic carbocycles. The van der Waals surface area contributed by atoms with Crippen LogP contribution in [0.2, 0.25) is 0 Å². The third kappa shape index (κ3) is 4.53. The molecule has 1 aliphatic heterocycles. The van der Waals surface area contributed by atoms with Gasteiger partial charge >= 0.3 is 0 Å². The van der Waals surface area contributed by atoms with Crippen molar-refractivity contribution in [2.24, 2.45) is 0 Å². The van der Waals surface area contributed by atoms with Crippen molar-refractivity contribution in [1.82, 2.24) is 14.2 Å². The molecule has 0 radical (unpaired) electrons. The maximum absolute atomic E-state index is 12.3. The molecule has 9 heteroatoms. The highest BCUT2D eigenvalue weighted by Crippen LogP contribution is 2.30. The smallest absolute Gasteiger partial charge is 0.242 e. The molecule has 1 aromatic heterocycles. The van der Waals surface area contributed by atoms with Crippen molar-refractivity contribution >= 4 is 15.9 Å². The minimum atomic E-state index is -3.51. The second kappa shape index (κ2) is 9.12. The fourth-order valence-corrected chi connectivity index (χ4v) is 4.56. The predicted octanol–water partition coefficient (Wildman–Crippen LogP) is 2.79. The van der Waals surface area contributed by atoms with Crippen molar-refractivity contribution in [2.45, 2.75) is 11.4 Å². The number of sulfonamides is 1. The van der Waals surface area contributed by atoms with E-state index in [-0.39, 0.29) is 10.6 Å². The number of piperazine rings is 1. The summed E-state index contributed by atoms with van der Waals surface area (Å²) >= 11 is 0. The van der Waals surface area contributed by atoms with Gasteiger partial charge in [-0.1, -0.05) is 30.3 Å². The van der Waals surface area contributed by atoms with E-state index < -0.39 is 10.0 Å². The van der Waals surface area contributed by atoms with Crippen molar-refractivity contribution in [2.75, 3.05) is 45.2 Å². The molecule has 166 valence electrons. The minimum Gasteiger partial charge on any atom is -0.419 e. The molecule has 0 spiro atoms. The molecule has 4 rings (SSSR count). The number of oxazole rings is 1. The van der Waals surface area contributed by atoms with Crippen LogP contribution in [0.1, 0.15) is 11.3 Å². The number of hydrogen-bond donors (Lipinski definition) is 0. The molecular formula is C23H25N5O3S. The molecular weight excluding hydrogens is 426 g/mol.